The SMILES string of the molecule is Cl.FC(F)(F)c1cccc(N=P(c2ccc3c(c2)OCCO3)(c2ccc3c(c2)OCCO3)c2cccc3c2OCCO3)c1. The summed E-state index contributed by atoms with van der Waals surface area (Å²) < 4.78 is 82.4. The minimum Gasteiger partial charge on any atom is -0.486 e. The van der Waals surface area contributed by atoms with Crippen LogP contribution in [0.25, 0.3) is 0 Å². The van der Waals surface area contributed by atoms with Crippen molar-refractivity contribution in [2.75, 3.05) is 39.6 Å². The lowest BCUT2D eigenvalue weighted by Gasteiger charge is -2.32. The molecule has 43 heavy (non-hydrogen) atoms. The van der Waals surface area contributed by atoms with E-state index in [0.29, 0.717) is 79.4 Å². The molecule has 0 radical (unpaired) electrons. The highest BCUT2D eigenvalue weighted by atomic mass is 35.5. The Bertz CT molecular complexity index is 1670. The molecule has 0 unspecified atom stereocenters. The maximum absolute atomic E-state index is 13.8. The quantitative estimate of drug-likeness (QED) is 0.248. The van der Waals surface area contributed by atoms with E-state index in [-0.39, 0.29) is 18.1 Å². The molecule has 0 fully saturated rings. The summed E-state index contributed by atoms with van der Waals surface area (Å²) in [5.41, 5.74) is -0.627. The largest absolute Gasteiger partial charge is 0.486 e. The number of ether oxygens (including phenoxy) is 6. The molecule has 3 heterocycles. The van der Waals surface area contributed by atoms with Gasteiger partial charge in [0.1, 0.15) is 39.6 Å². The number of benzene rings is 4. The van der Waals surface area contributed by atoms with E-state index in [2.05, 4.69) is 0 Å². The topological polar surface area (TPSA) is 67.7 Å². The van der Waals surface area contributed by atoms with Gasteiger partial charge in [0.15, 0.2) is 34.5 Å². The number of para-hydroxylation sites is 1. The second kappa shape index (κ2) is 11.6. The van der Waals surface area contributed by atoms with Crippen molar-refractivity contribution in [3.63, 3.8) is 0 Å². The van der Waals surface area contributed by atoms with E-state index >= 15 is 0 Å². The molecule has 0 amide bonds. The lowest BCUT2D eigenvalue weighted by Crippen LogP contribution is -2.30. The van der Waals surface area contributed by atoms with Crippen molar-refractivity contribution in [2.45, 2.75) is 6.18 Å². The number of hydrogen-bond donors (Lipinski definition) is 0. The summed E-state index contributed by atoms with van der Waals surface area (Å²) in [6.07, 6.45) is -4.54. The van der Waals surface area contributed by atoms with Crippen molar-refractivity contribution in [2.24, 2.45) is 4.74 Å². The second-order valence-electron chi connectivity index (χ2n) is 9.74. The van der Waals surface area contributed by atoms with Crippen LogP contribution in [-0.2, 0) is 6.18 Å². The zero-order chi connectivity index (χ0) is 28.7. The number of rotatable bonds is 4. The van der Waals surface area contributed by atoms with Gasteiger partial charge in [0.25, 0.3) is 0 Å². The molecule has 0 spiro atoms. The van der Waals surface area contributed by atoms with Crippen molar-refractivity contribution in [3.8, 4) is 34.5 Å². The average molecular weight is 632 g/mol. The molecule has 0 saturated heterocycles. The molecule has 7 rings (SSSR count). The van der Waals surface area contributed by atoms with E-state index in [0.717, 1.165) is 22.7 Å². The Balaban J connectivity index is 0.00000329. The van der Waals surface area contributed by atoms with Gasteiger partial charge in [-0.3, -0.25) is 4.74 Å². The molecule has 0 saturated carbocycles. The van der Waals surface area contributed by atoms with Crippen LogP contribution in [0.4, 0.5) is 18.9 Å². The smallest absolute Gasteiger partial charge is 0.416 e. The van der Waals surface area contributed by atoms with Gasteiger partial charge >= 0.3 is 6.18 Å². The van der Waals surface area contributed by atoms with Crippen molar-refractivity contribution >= 4 is 41.1 Å². The van der Waals surface area contributed by atoms with Crippen LogP contribution in [0.1, 0.15) is 5.56 Å². The fourth-order valence-electron chi connectivity index (χ4n) is 5.29. The zero-order valence-electron chi connectivity index (χ0n) is 22.6. The Morgan fingerprint density at radius 1 is 0.558 bits per heavy atom. The van der Waals surface area contributed by atoms with Gasteiger partial charge in [-0.2, -0.15) is 13.2 Å². The number of alkyl halides is 3. The first-order valence-corrected chi connectivity index (χ1v) is 15.2. The molecule has 0 N–H and O–H groups in total. The molecule has 7 nitrogen and oxygen atoms in total. The first-order chi connectivity index (χ1) is 20.4. The summed E-state index contributed by atoms with van der Waals surface area (Å²) in [6, 6.07) is 21.7. The van der Waals surface area contributed by atoms with Crippen LogP contribution >= 0.6 is 19.5 Å². The van der Waals surface area contributed by atoms with E-state index in [1.165, 1.54) is 6.07 Å². The Morgan fingerprint density at radius 3 is 1.70 bits per heavy atom. The van der Waals surface area contributed by atoms with E-state index in [4.69, 9.17) is 33.2 Å². The van der Waals surface area contributed by atoms with Crippen molar-refractivity contribution in [3.05, 3.63) is 84.4 Å². The summed E-state index contributed by atoms with van der Waals surface area (Å²) in [5, 5.41) is 2.14. The number of hydrogen-bond acceptors (Lipinski definition) is 7. The highest BCUT2D eigenvalue weighted by Gasteiger charge is 2.36. The van der Waals surface area contributed by atoms with Gasteiger partial charge in [-0.25, -0.2) is 0 Å². The molecular weight excluding hydrogens is 606 g/mol. The average Bonchev–Trinajstić information content (AvgIpc) is 3.03. The molecule has 3 aliphatic rings. The van der Waals surface area contributed by atoms with Gasteiger partial charge in [-0.1, -0.05) is 12.1 Å². The molecule has 4 aromatic carbocycles. The Kier molecular flexibility index (Phi) is 7.83. The Labute approximate surface area is 251 Å². The molecule has 224 valence electrons. The number of halogens is 4. The van der Waals surface area contributed by atoms with Gasteiger partial charge < -0.3 is 28.4 Å². The van der Waals surface area contributed by atoms with Crippen LogP contribution in [0, 0.1) is 0 Å². The summed E-state index contributed by atoms with van der Waals surface area (Å²) in [6.45, 7) is 2.26. The van der Waals surface area contributed by atoms with Crippen LogP contribution in [0.2, 0.25) is 0 Å². The second-order valence-corrected chi connectivity index (χ2v) is 12.7. The van der Waals surface area contributed by atoms with Crippen molar-refractivity contribution < 1.29 is 41.6 Å². The third kappa shape index (κ3) is 5.34. The summed E-state index contributed by atoms with van der Waals surface area (Å²) in [4.78, 5) is 0. The fourth-order valence-corrected chi connectivity index (χ4v) is 8.92. The molecule has 0 aliphatic carbocycles. The highest BCUT2D eigenvalue weighted by Crippen LogP contribution is 2.55. The predicted octanol–water partition coefficient (Wildman–Crippen LogP) is 6.25. The lowest BCUT2D eigenvalue weighted by atomic mass is 10.2. The van der Waals surface area contributed by atoms with E-state index in [1.54, 1.807) is 6.07 Å². The Hall–Kier alpha value is -4.01. The molecular formula is C31H26ClF3NO6P. The van der Waals surface area contributed by atoms with E-state index in [9.17, 15) is 13.2 Å². The van der Waals surface area contributed by atoms with Gasteiger partial charge in [-0.15, -0.1) is 12.4 Å². The minimum atomic E-state index is -4.54. The first kappa shape index (κ1) is 29.1. The molecule has 0 aromatic heterocycles. The normalized spacial score (nSPS) is 15.2. The van der Waals surface area contributed by atoms with Crippen LogP contribution in [0.5, 0.6) is 34.5 Å². The summed E-state index contributed by atoms with van der Waals surface area (Å²) in [7, 11) is -3.22. The van der Waals surface area contributed by atoms with Crippen LogP contribution in [-0.4, -0.2) is 39.6 Å². The highest BCUT2D eigenvalue weighted by molar-refractivity contribution is 7.87. The monoisotopic (exact) mass is 631 g/mol. The van der Waals surface area contributed by atoms with Gasteiger partial charge in [0, 0.05) is 15.9 Å². The van der Waals surface area contributed by atoms with Gasteiger partial charge in [0.2, 0.25) is 0 Å². The first-order valence-electron chi connectivity index (χ1n) is 13.4. The van der Waals surface area contributed by atoms with E-state index < -0.39 is 18.8 Å². The molecule has 12 heteroatoms. The minimum absolute atomic E-state index is 0. The van der Waals surface area contributed by atoms with Crippen molar-refractivity contribution in [1.29, 1.82) is 0 Å². The van der Waals surface area contributed by atoms with Crippen LogP contribution < -0.4 is 44.3 Å². The molecule has 4 aromatic rings. The van der Waals surface area contributed by atoms with Crippen LogP contribution in [0.3, 0.4) is 0 Å². The van der Waals surface area contributed by atoms with Crippen molar-refractivity contribution in [1.82, 2.24) is 0 Å². The van der Waals surface area contributed by atoms with Crippen LogP contribution in [0.15, 0.2) is 83.6 Å². The zero-order valence-corrected chi connectivity index (χ0v) is 24.3. The fraction of sp³-hybridized carbons (Fsp3) is 0.226. The van der Waals surface area contributed by atoms with Gasteiger partial charge in [-0.05, 0) is 66.7 Å². The van der Waals surface area contributed by atoms with E-state index in [1.807, 2.05) is 54.6 Å². The maximum Gasteiger partial charge on any atom is 0.416 e. The summed E-state index contributed by atoms with van der Waals surface area (Å²) >= 11 is 0. The Morgan fingerprint density at radius 2 is 1.09 bits per heavy atom. The third-order valence-electron chi connectivity index (χ3n) is 7.13. The lowest BCUT2D eigenvalue weighted by molar-refractivity contribution is -0.137. The molecule has 0 atom stereocenters. The number of fused-ring (bicyclic) bond motifs is 3. The standard InChI is InChI=1S/C31H25F3NO6P.ClH/c32-31(33,34)20-3-1-4-21(17-20)35-42(22-7-9-24-27(18-22)39-13-11-36-24,23-8-10-25-28(19-23)40-14-12-37-25)29-6-2-5-26-30(29)41-16-15-38-26;/h1-10,17-19H,11-16H2;1H. The maximum atomic E-state index is 13.8. The predicted molar refractivity (Wildman–Crippen MR) is 159 cm³/mol. The number of nitrogens with zero attached hydrogens (tertiary/aromatic N) is 1. The molecule has 3 aliphatic heterocycles. The summed E-state index contributed by atoms with van der Waals surface area (Å²) in [5.74, 6) is 3.26. The van der Waals surface area contributed by atoms with Gasteiger partial charge in [0.05, 0.1) is 18.3 Å². The third-order valence-corrected chi connectivity index (χ3v) is 10.8. The molecule has 0 bridgehead atoms.